The van der Waals surface area contributed by atoms with Gasteiger partial charge >= 0.3 is 0 Å². The molecule has 3 rings (SSSR count). The molecule has 1 N–H and O–H groups in total. The summed E-state index contributed by atoms with van der Waals surface area (Å²) in [7, 11) is 1.67. The second kappa shape index (κ2) is 6.84. The number of rotatable bonds is 5. The van der Waals surface area contributed by atoms with Crippen molar-refractivity contribution in [1.29, 1.82) is 0 Å². The Hall–Kier alpha value is -1.79. The largest absolute Gasteiger partial charge is 0.377 e. The van der Waals surface area contributed by atoms with E-state index in [-0.39, 0.29) is 11.1 Å². The fraction of sp³-hybridized carbons (Fsp3) is 0.632. The normalized spacial score (nSPS) is 19.9. The van der Waals surface area contributed by atoms with Gasteiger partial charge in [0.05, 0.1) is 5.69 Å². The highest BCUT2D eigenvalue weighted by Crippen LogP contribution is 2.34. The number of hydrogen-bond acceptors (Lipinski definition) is 5. The molecule has 2 aromatic rings. The summed E-state index contributed by atoms with van der Waals surface area (Å²) in [6.07, 6.45) is 6.73. The quantitative estimate of drug-likeness (QED) is 0.904. The topological polar surface area (TPSA) is 64.9 Å². The smallest absolute Gasteiger partial charge is 0.176 e. The minimum Gasteiger partial charge on any atom is -0.377 e. The van der Waals surface area contributed by atoms with Gasteiger partial charge in [0.15, 0.2) is 5.82 Å². The Kier molecular flexibility index (Phi) is 4.93. The molecule has 0 unspecified atom stereocenters. The zero-order chi connectivity index (χ0) is 18.1. The molecule has 1 fully saturated rings. The van der Waals surface area contributed by atoms with Crippen molar-refractivity contribution in [1.82, 2.24) is 25.1 Å². The zero-order valence-corrected chi connectivity index (χ0v) is 15.9. The molecule has 0 saturated carbocycles. The van der Waals surface area contributed by atoms with Crippen molar-refractivity contribution in [2.24, 2.45) is 5.92 Å². The third-order valence-corrected chi connectivity index (χ3v) is 4.64. The number of nitrogens with zero attached hydrogens (tertiary/aromatic N) is 4. The van der Waals surface area contributed by atoms with Gasteiger partial charge in [-0.15, -0.1) is 5.10 Å². The molecule has 6 heteroatoms. The van der Waals surface area contributed by atoms with Crippen LogP contribution in [0, 0.1) is 5.92 Å². The van der Waals surface area contributed by atoms with Crippen LogP contribution in [0.2, 0.25) is 0 Å². The maximum Gasteiger partial charge on any atom is 0.176 e. The van der Waals surface area contributed by atoms with Gasteiger partial charge in [-0.05, 0) is 58.6 Å². The van der Waals surface area contributed by atoms with Crippen LogP contribution in [0.1, 0.15) is 52.2 Å². The molecule has 0 spiro atoms. The maximum absolute atomic E-state index is 5.23. The van der Waals surface area contributed by atoms with Crippen LogP contribution in [0.5, 0.6) is 0 Å². The summed E-state index contributed by atoms with van der Waals surface area (Å²) in [4.78, 5) is 8.85. The van der Waals surface area contributed by atoms with Crippen LogP contribution in [-0.4, -0.2) is 37.9 Å². The summed E-state index contributed by atoms with van der Waals surface area (Å²) in [5, 5.41) is 8.39. The molecule has 0 atom stereocenters. The molecular formula is C19H29N5O. The van der Waals surface area contributed by atoms with Crippen molar-refractivity contribution >= 4 is 0 Å². The molecule has 0 amide bonds. The molecule has 0 aliphatic carbocycles. The van der Waals surface area contributed by atoms with E-state index in [1.54, 1.807) is 19.5 Å². The van der Waals surface area contributed by atoms with Gasteiger partial charge in [0, 0.05) is 37.0 Å². The van der Waals surface area contributed by atoms with Crippen molar-refractivity contribution in [2.45, 2.75) is 64.6 Å². The molecule has 6 nitrogen and oxygen atoms in total. The SMILES string of the molecule is COCc1nc(CC2CC(C)(C)NC(C)(C)C2)n(-c2ccncc2)n1. The van der Waals surface area contributed by atoms with Crippen molar-refractivity contribution in [3.8, 4) is 5.69 Å². The minimum atomic E-state index is 0.128. The van der Waals surface area contributed by atoms with Gasteiger partial charge in [0.1, 0.15) is 12.4 Å². The van der Waals surface area contributed by atoms with Crippen LogP contribution >= 0.6 is 0 Å². The van der Waals surface area contributed by atoms with E-state index in [0.717, 1.165) is 36.6 Å². The van der Waals surface area contributed by atoms with Gasteiger partial charge in [-0.2, -0.15) is 0 Å². The van der Waals surface area contributed by atoms with Crippen molar-refractivity contribution in [2.75, 3.05) is 7.11 Å². The lowest BCUT2D eigenvalue weighted by Gasteiger charge is -2.46. The third kappa shape index (κ3) is 4.44. The van der Waals surface area contributed by atoms with E-state index in [4.69, 9.17) is 9.72 Å². The number of pyridine rings is 1. The Morgan fingerprint density at radius 3 is 2.40 bits per heavy atom. The highest BCUT2D eigenvalue weighted by molar-refractivity contribution is 5.29. The number of ether oxygens (including phenoxy) is 1. The van der Waals surface area contributed by atoms with E-state index in [1.807, 2.05) is 16.8 Å². The fourth-order valence-electron chi connectivity index (χ4n) is 4.34. The minimum absolute atomic E-state index is 0.128. The van der Waals surface area contributed by atoms with Gasteiger partial charge in [-0.25, -0.2) is 9.67 Å². The monoisotopic (exact) mass is 343 g/mol. The van der Waals surface area contributed by atoms with E-state index in [0.29, 0.717) is 12.5 Å². The van der Waals surface area contributed by atoms with Crippen LogP contribution in [0.15, 0.2) is 24.5 Å². The summed E-state index contributed by atoms with van der Waals surface area (Å²) >= 11 is 0. The average molecular weight is 343 g/mol. The Morgan fingerprint density at radius 2 is 1.80 bits per heavy atom. The van der Waals surface area contributed by atoms with Gasteiger partial charge < -0.3 is 10.1 Å². The molecule has 1 aliphatic heterocycles. The molecule has 1 aliphatic rings. The third-order valence-electron chi connectivity index (χ3n) is 4.64. The first-order valence-electron chi connectivity index (χ1n) is 8.91. The fourth-order valence-corrected chi connectivity index (χ4v) is 4.34. The standard InChI is InChI=1S/C19H29N5O/c1-18(2)11-14(12-19(3,4)23-18)10-17-21-16(13-25-5)22-24(17)15-6-8-20-9-7-15/h6-9,14,23H,10-13H2,1-5H3. The van der Waals surface area contributed by atoms with E-state index in [2.05, 4.69) is 43.1 Å². The van der Waals surface area contributed by atoms with E-state index >= 15 is 0 Å². The summed E-state index contributed by atoms with van der Waals surface area (Å²) in [6.45, 7) is 9.56. The Morgan fingerprint density at radius 1 is 1.16 bits per heavy atom. The number of piperidine rings is 1. The average Bonchev–Trinajstić information content (AvgIpc) is 2.88. The molecular weight excluding hydrogens is 314 g/mol. The number of aromatic nitrogens is 4. The predicted molar refractivity (Wildman–Crippen MR) is 97.6 cm³/mol. The molecule has 25 heavy (non-hydrogen) atoms. The second-order valence-electron chi connectivity index (χ2n) is 8.37. The first kappa shape index (κ1) is 18.0. The Bertz CT molecular complexity index is 692. The molecule has 0 radical (unpaired) electrons. The summed E-state index contributed by atoms with van der Waals surface area (Å²) < 4.78 is 7.17. The van der Waals surface area contributed by atoms with Crippen LogP contribution in [0.4, 0.5) is 0 Å². The summed E-state index contributed by atoms with van der Waals surface area (Å²) in [5.41, 5.74) is 1.25. The molecule has 2 aromatic heterocycles. The van der Waals surface area contributed by atoms with Crippen LogP contribution in [-0.2, 0) is 17.8 Å². The Labute approximate surface area is 150 Å². The summed E-state index contributed by atoms with van der Waals surface area (Å²) in [5.74, 6) is 2.28. The van der Waals surface area contributed by atoms with Crippen molar-refractivity contribution in [3.63, 3.8) is 0 Å². The zero-order valence-electron chi connectivity index (χ0n) is 15.9. The van der Waals surface area contributed by atoms with Gasteiger partial charge in [0.2, 0.25) is 0 Å². The number of hydrogen-bond donors (Lipinski definition) is 1. The molecule has 3 heterocycles. The van der Waals surface area contributed by atoms with E-state index in [9.17, 15) is 0 Å². The van der Waals surface area contributed by atoms with Crippen LogP contribution < -0.4 is 5.32 Å². The van der Waals surface area contributed by atoms with E-state index < -0.39 is 0 Å². The van der Waals surface area contributed by atoms with Crippen LogP contribution in [0.25, 0.3) is 5.69 Å². The summed E-state index contributed by atoms with van der Waals surface area (Å²) in [6, 6.07) is 3.93. The number of nitrogens with one attached hydrogen (secondary N) is 1. The predicted octanol–water partition coefficient (Wildman–Crippen LogP) is 2.91. The lowest BCUT2D eigenvalue weighted by atomic mass is 9.74. The van der Waals surface area contributed by atoms with Crippen molar-refractivity contribution in [3.05, 3.63) is 36.2 Å². The highest BCUT2D eigenvalue weighted by Gasteiger charge is 2.38. The first-order chi connectivity index (χ1) is 11.8. The Balaban J connectivity index is 1.88. The second-order valence-corrected chi connectivity index (χ2v) is 8.37. The lowest BCUT2D eigenvalue weighted by Crippen LogP contribution is -2.58. The molecule has 136 valence electrons. The van der Waals surface area contributed by atoms with Crippen LogP contribution in [0.3, 0.4) is 0 Å². The van der Waals surface area contributed by atoms with Gasteiger partial charge in [-0.1, -0.05) is 0 Å². The number of methoxy groups -OCH3 is 1. The van der Waals surface area contributed by atoms with Gasteiger partial charge in [0.25, 0.3) is 0 Å². The lowest BCUT2D eigenvalue weighted by molar-refractivity contribution is 0.127. The molecule has 0 aromatic carbocycles. The first-order valence-corrected chi connectivity index (χ1v) is 8.91. The maximum atomic E-state index is 5.23. The molecule has 1 saturated heterocycles. The highest BCUT2D eigenvalue weighted by atomic mass is 16.5. The molecule has 0 bridgehead atoms. The van der Waals surface area contributed by atoms with E-state index in [1.165, 1.54) is 0 Å². The van der Waals surface area contributed by atoms with Crippen molar-refractivity contribution < 1.29 is 4.74 Å². The van der Waals surface area contributed by atoms with Gasteiger partial charge in [-0.3, -0.25) is 4.98 Å².